The lowest BCUT2D eigenvalue weighted by Crippen LogP contribution is -3.08. The molecule has 0 radical (unpaired) electrons. The predicted molar refractivity (Wildman–Crippen MR) is 108 cm³/mol. The van der Waals surface area contributed by atoms with Crippen molar-refractivity contribution in [1.82, 2.24) is 9.55 Å². The number of carbonyl (C=O) groups excluding carboxylic acids is 1. The summed E-state index contributed by atoms with van der Waals surface area (Å²) in [5.74, 6) is 0.683. The van der Waals surface area contributed by atoms with Gasteiger partial charge in [-0.25, -0.2) is 4.98 Å². The van der Waals surface area contributed by atoms with Gasteiger partial charge >= 0.3 is 0 Å². The molecular weight excluding hydrogens is 380 g/mol. The summed E-state index contributed by atoms with van der Waals surface area (Å²) in [7, 11) is 1.97. The molecule has 0 saturated heterocycles. The number of rotatable bonds is 8. The van der Waals surface area contributed by atoms with E-state index in [9.17, 15) is 9.59 Å². The number of halogens is 1. The summed E-state index contributed by atoms with van der Waals surface area (Å²) < 4.78 is 7.07. The van der Waals surface area contributed by atoms with Gasteiger partial charge in [0.05, 0.1) is 18.0 Å². The molecule has 2 aromatic carbocycles. The van der Waals surface area contributed by atoms with Crippen molar-refractivity contribution in [2.45, 2.75) is 13.1 Å². The molecule has 146 valence electrons. The monoisotopic (exact) mass is 401 g/mol. The molecule has 0 spiro atoms. The summed E-state index contributed by atoms with van der Waals surface area (Å²) in [5, 5.41) is 1.13. The van der Waals surface area contributed by atoms with Crippen molar-refractivity contribution in [3.05, 3.63) is 69.7 Å². The van der Waals surface area contributed by atoms with Crippen molar-refractivity contribution >= 4 is 28.4 Å². The molecule has 1 amide bonds. The van der Waals surface area contributed by atoms with Gasteiger partial charge in [-0.05, 0) is 36.4 Å². The number of nitrogens with one attached hydrogen (secondary N) is 1. The number of benzene rings is 2. The van der Waals surface area contributed by atoms with Crippen LogP contribution in [-0.4, -0.2) is 35.7 Å². The van der Waals surface area contributed by atoms with E-state index in [1.165, 1.54) is 4.57 Å². The van der Waals surface area contributed by atoms with Gasteiger partial charge in [-0.15, -0.1) is 0 Å². The van der Waals surface area contributed by atoms with Crippen LogP contribution in [0.25, 0.3) is 10.9 Å². The van der Waals surface area contributed by atoms with E-state index >= 15 is 0 Å². The Labute approximate surface area is 167 Å². The minimum atomic E-state index is -0.579. The Morgan fingerprint density at radius 1 is 1.21 bits per heavy atom. The molecule has 0 saturated carbocycles. The third-order valence-corrected chi connectivity index (χ3v) is 4.58. The zero-order valence-corrected chi connectivity index (χ0v) is 16.3. The maximum Gasteiger partial charge on any atom is 0.262 e. The first-order valence-corrected chi connectivity index (χ1v) is 9.28. The molecule has 0 fully saturated rings. The minimum absolute atomic E-state index is 0.194. The first kappa shape index (κ1) is 19.9. The third-order valence-electron chi connectivity index (χ3n) is 4.33. The van der Waals surface area contributed by atoms with Crippen LogP contribution in [0.3, 0.4) is 0 Å². The number of para-hydroxylation sites is 1. The largest absolute Gasteiger partial charge is 0.488 e. The van der Waals surface area contributed by atoms with E-state index in [-0.39, 0.29) is 12.1 Å². The van der Waals surface area contributed by atoms with Crippen molar-refractivity contribution in [2.24, 2.45) is 5.73 Å². The van der Waals surface area contributed by atoms with Crippen molar-refractivity contribution in [1.29, 1.82) is 0 Å². The number of nitrogens with zero attached hydrogens (tertiary/aromatic N) is 2. The average Bonchev–Trinajstić information content (AvgIpc) is 2.66. The van der Waals surface area contributed by atoms with Crippen LogP contribution < -0.4 is 20.9 Å². The number of amides is 1. The van der Waals surface area contributed by atoms with Gasteiger partial charge in [0.15, 0.2) is 5.82 Å². The highest BCUT2D eigenvalue weighted by Crippen LogP contribution is 2.15. The molecule has 0 aliphatic rings. The fourth-order valence-corrected chi connectivity index (χ4v) is 3.03. The molecule has 28 heavy (non-hydrogen) atoms. The smallest absolute Gasteiger partial charge is 0.262 e. The zero-order valence-electron chi connectivity index (χ0n) is 15.5. The second-order valence-corrected chi connectivity index (χ2v) is 7.03. The Morgan fingerprint density at radius 3 is 2.64 bits per heavy atom. The molecule has 0 aliphatic heterocycles. The highest BCUT2D eigenvalue weighted by molar-refractivity contribution is 6.30. The third kappa shape index (κ3) is 4.88. The van der Waals surface area contributed by atoms with E-state index in [2.05, 4.69) is 4.98 Å². The molecule has 0 bridgehead atoms. The Bertz CT molecular complexity index is 1030. The predicted octanol–water partition coefficient (Wildman–Crippen LogP) is 0.629. The molecule has 0 aliphatic carbocycles. The summed E-state index contributed by atoms with van der Waals surface area (Å²) in [6.07, 6.45) is 0. The van der Waals surface area contributed by atoms with E-state index < -0.39 is 5.91 Å². The van der Waals surface area contributed by atoms with Crippen LogP contribution in [0.1, 0.15) is 5.82 Å². The second kappa shape index (κ2) is 8.86. The Kier molecular flexibility index (Phi) is 6.28. The van der Waals surface area contributed by atoms with Gasteiger partial charge in [-0.3, -0.25) is 14.2 Å². The van der Waals surface area contributed by atoms with Gasteiger partial charge in [-0.2, -0.15) is 0 Å². The number of fused-ring (bicyclic) bond motifs is 1. The lowest BCUT2D eigenvalue weighted by Gasteiger charge is -2.17. The number of ether oxygens (including phenoxy) is 1. The van der Waals surface area contributed by atoms with Gasteiger partial charge in [0, 0.05) is 5.02 Å². The van der Waals surface area contributed by atoms with Gasteiger partial charge in [0.2, 0.25) is 5.91 Å². The zero-order chi connectivity index (χ0) is 20.1. The number of hydrogen-bond donors (Lipinski definition) is 2. The van der Waals surface area contributed by atoms with E-state index in [0.717, 1.165) is 10.6 Å². The molecular formula is C20H22ClN4O3+. The Balaban J connectivity index is 1.73. The maximum atomic E-state index is 12.8. The summed E-state index contributed by atoms with van der Waals surface area (Å²) in [6.45, 7) is 1.43. The van der Waals surface area contributed by atoms with Crippen LogP contribution in [0.15, 0.2) is 53.3 Å². The van der Waals surface area contributed by atoms with Crippen molar-refractivity contribution in [3.63, 3.8) is 0 Å². The normalized spacial score (nSPS) is 12.1. The lowest BCUT2D eigenvalue weighted by atomic mass is 10.2. The lowest BCUT2D eigenvalue weighted by molar-refractivity contribution is -0.894. The fraction of sp³-hybridized carbons (Fsp3) is 0.250. The van der Waals surface area contributed by atoms with Gasteiger partial charge in [0.1, 0.15) is 32.0 Å². The topological polar surface area (TPSA) is 91.7 Å². The number of nitrogens with two attached hydrogens (primary N) is 1. The molecule has 8 heteroatoms. The number of likely N-dealkylation sites (N-methyl/N-ethyl adjacent to an activating group) is 1. The van der Waals surface area contributed by atoms with E-state index in [1.54, 1.807) is 30.3 Å². The van der Waals surface area contributed by atoms with Crippen LogP contribution in [0.2, 0.25) is 5.02 Å². The average molecular weight is 402 g/mol. The van der Waals surface area contributed by atoms with Crippen molar-refractivity contribution in [3.8, 4) is 5.75 Å². The van der Waals surface area contributed by atoms with Crippen molar-refractivity contribution in [2.75, 3.05) is 20.2 Å². The van der Waals surface area contributed by atoms with Gasteiger partial charge < -0.3 is 15.4 Å². The first-order valence-electron chi connectivity index (χ1n) is 8.90. The highest BCUT2D eigenvalue weighted by Gasteiger charge is 2.16. The molecule has 1 unspecified atom stereocenters. The maximum absolute atomic E-state index is 12.8. The standard InChI is InChI=1S/C20H21ClN4O3/c1-24(10-11-28-15-8-6-14(21)7-9-15)13-19-23-17-5-3-2-4-16(17)20(27)25(19)12-18(22)26/h2-9H,10-13H2,1H3,(H2,22,26)/p+1. The fourth-order valence-electron chi connectivity index (χ4n) is 2.90. The van der Waals surface area contributed by atoms with Crippen LogP contribution >= 0.6 is 11.6 Å². The van der Waals surface area contributed by atoms with Crippen LogP contribution in [0.5, 0.6) is 5.75 Å². The second-order valence-electron chi connectivity index (χ2n) is 6.59. The van der Waals surface area contributed by atoms with E-state index in [4.69, 9.17) is 22.1 Å². The Hall–Kier alpha value is -2.90. The number of aromatic nitrogens is 2. The molecule has 1 heterocycles. The van der Waals surface area contributed by atoms with E-state index in [0.29, 0.717) is 41.4 Å². The summed E-state index contributed by atoms with van der Waals surface area (Å²) in [4.78, 5) is 29.9. The molecule has 3 N–H and O–H groups in total. The van der Waals surface area contributed by atoms with Crippen molar-refractivity contribution < 1.29 is 14.4 Å². The van der Waals surface area contributed by atoms with Gasteiger partial charge in [-0.1, -0.05) is 23.7 Å². The number of quaternary nitrogens is 1. The van der Waals surface area contributed by atoms with Crippen LogP contribution in [0, 0.1) is 0 Å². The number of carbonyl (C=O) groups is 1. The molecule has 1 aromatic heterocycles. The minimum Gasteiger partial charge on any atom is -0.488 e. The summed E-state index contributed by atoms with van der Waals surface area (Å²) >= 11 is 5.86. The molecule has 3 rings (SSSR count). The number of hydrogen-bond acceptors (Lipinski definition) is 4. The first-order chi connectivity index (χ1) is 13.4. The SMILES string of the molecule is C[NH+](CCOc1ccc(Cl)cc1)Cc1nc2ccccc2c(=O)n1CC(N)=O. The molecule has 3 aromatic rings. The summed E-state index contributed by atoms with van der Waals surface area (Å²) in [5.41, 5.74) is 5.68. The quantitative estimate of drug-likeness (QED) is 0.579. The molecule has 7 nitrogen and oxygen atoms in total. The Morgan fingerprint density at radius 2 is 1.93 bits per heavy atom. The van der Waals surface area contributed by atoms with Gasteiger partial charge in [0.25, 0.3) is 5.56 Å². The number of primary amides is 1. The van der Waals surface area contributed by atoms with Crippen LogP contribution in [0.4, 0.5) is 0 Å². The molecule has 1 atom stereocenters. The summed E-state index contributed by atoms with van der Waals surface area (Å²) in [6, 6.07) is 14.2. The highest BCUT2D eigenvalue weighted by atomic mass is 35.5. The van der Waals surface area contributed by atoms with Crippen LogP contribution in [-0.2, 0) is 17.9 Å². The van der Waals surface area contributed by atoms with E-state index in [1.807, 2.05) is 25.2 Å².